The minimum atomic E-state index is -0.515. The summed E-state index contributed by atoms with van der Waals surface area (Å²) in [7, 11) is 3.09. The maximum absolute atomic E-state index is 12.8. The zero-order chi connectivity index (χ0) is 20.1. The van der Waals surface area contributed by atoms with Crippen LogP contribution in [0.25, 0.3) is 0 Å². The number of nitrogens with zero attached hydrogens (tertiary/aromatic N) is 1. The molecule has 0 aliphatic carbocycles. The van der Waals surface area contributed by atoms with Crippen LogP contribution in [0.2, 0.25) is 0 Å². The van der Waals surface area contributed by atoms with Crippen molar-refractivity contribution in [1.82, 2.24) is 4.90 Å². The largest absolute Gasteiger partial charge is 0.493 e. The number of hydrogen-bond acceptors (Lipinski definition) is 4. The van der Waals surface area contributed by atoms with Gasteiger partial charge in [-0.3, -0.25) is 4.79 Å². The van der Waals surface area contributed by atoms with E-state index >= 15 is 0 Å². The molecule has 7 nitrogen and oxygen atoms in total. The van der Waals surface area contributed by atoms with E-state index < -0.39 is 6.04 Å². The monoisotopic (exact) mass is 383 g/mol. The molecule has 3 amide bonds. The van der Waals surface area contributed by atoms with E-state index in [1.54, 1.807) is 30.2 Å². The lowest BCUT2D eigenvalue weighted by Crippen LogP contribution is -2.45. The van der Waals surface area contributed by atoms with Crippen LogP contribution >= 0.6 is 0 Å². The van der Waals surface area contributed by atoms with Gasteiger partial charge in [0.25, 0.3) is 0 Å². The molecule has 0 aromatic heterocycles. The number of carbonyl (C=O) groups is 2. The summed E-state index contributed by atoms with van der Waals surface area (Å²) in [5.74, 6) is 0.893. The smallest absolute Gasteiger partial charge is 0.322 e. The summed E-state index contributed by atoms with van der Waals surface area (Å²) in [5, 5.41) is 5.73. The number of urea groups is 1. The number of nitrogens with one attached hydrogen (secondary N) is 2. The molecular formula is C21H25N3O4. The molecule has 2 N–H and O–H groups in total. The molecule has 28 heavy (non-hydrogen) atoms. The van der Waals surface area contributed by atoms with E-state index in [2.05, 4.69) is 10.6 Å². The number of rotatable bonds is 5. The van der Waals surface area contributed by atoms with Gasteiger partial charge in [0, 0.05) is 24.0 Å². The van der Waals surface area contributed by atoms with Gasteiger partial charge in [0.05, 0.1) is 14.2 Å². The number of likely N-dealkylation sites (tertiary alicyclic amines) is 1. The van der Waals surface area contributed by atoms with Crippen molar-refractivity contribution in [2.45, 2.75) is 25.8 Å². The molecule has 7 heteroatoms. The SMILES string of the molecule is COc1ccc(NC(=O)[C@@H]2CCCN2C(=O)Nc2ccc(C)cc2)cc1OC. The Balaban J connectivity index is 1.67. The van der Waals surface area contributed by atoms with Crippen molar-refractivity contribution in [3.63, 3.8) is 0 Å². The normalized spacial score (nSPS) is 15.8. The number of benzene rings is 2. The highest BCUT2D eigenvalue weighted by molar-refractivity contribution is 5.99. The average molecular weight is 383 g/mol. The third kappa shape index (κ3) is 4.36. The fourth-order valence-electron chi connectivity index (χ4n) is 3.25. The van der Waals surface area contributed by atoms with E-state index in [1.807, 2.05) is 31.2 Å². The zero-order valence-electron chi connectivity index (χ0n) is 16.3. The van der Waals surface area contributed by atoms with Gasteiger partial charge in [0.15, 0.2) is 11.5 Å². The highest BCUT2D eigenvalue weighted by atomic mass is 16.5. The first kappa shape index (κ1) is 19.5. The lowest BCUT2D eigenvalue weighted by atomic mass is 10.2. The summed E-state index contributed by atoms with van der Waals surface area (Å²) in [6.07, 6.45) is 1.41. The van der Waals surface area contributed by atoms with Gasteiger partial charge in [-0.25, -0.2) is 4.79 Å². The van der Waals surface area contributed by atoms with Crippen molar-refractivity contribution >= 4 is 23.3 Å². The summed E-state index contributed by atoms with van der Waals surface area (Å²) >= 11 is 0. The number of methoxy groups -OCH3 is 2. The molecule has 0 saturated carbocycles. The number of amides is 3. The van der Waals surface area contributed by atoms with Crippen LogP contribution in [0.1, 0.15) is 18.4 Å². The standard InChI is InChI=1S/C21H25N3O4/c1-14-6-8-15(9-7-14)23-21(26)24-12-4-5-17(24)20(25)22-16-10-11-18(27-2)19(13-16)28-3/h6-11,13,17H,4-5,12H2,1-3H3,(H,22,25)(H,23,26)/t17-/m0/s1. The Morgan fingerprint density at radius 2 is 1.64 bits per heavy atom. The number of hydrogen-bond donors (Lipinski definition) is 2. The molecule has 1 aliphatic rings. The van der Waals surface area contributed by atoms with Crippen LogP contribution in [0.15, 0.2) is 42.5 Å². The molecule has 1 atom stereocenters. The van der Waals surface area contributed by atoms with Gasteiger partial charge in [-0.2, -0.15) is 0 Å². The van der Waals surface area contributed by atoms with E-state index in [4.69, 9.17) is 9.47 Å². The predicted molar refractivity (Wildman–Crippen MR) is 108 cm³/mol. The van der Waals surface area contributed by atoms with E-state index in [9.17, 15) is 9.59 Å². The highest BCUT2D eigenvalue weighted by Gasteiger charge is 2.34. The number of aryl methyl sites for hydroxylation is 1. The van der Waals surface area contributed by atoms with Gasteiger partial charge in [0.2, 0.25) is 5.91 Å². The molecule has 2 aromatic carbocycles. The second-order valence-electron chi connectivity index (χ2n) is 6.71. The van der Waals surface area contributed by atoms with E-state index in [0.717, 1.165) is 12.0 Å². The van der Waals surface area contributed by atoms with Gasteiger partial charge in [0.1, 0.15) is 6.04 Å². The molecule has 148 valence electrons. The maximum Gasteiger partial charge on any atom is 0.322 e. The predicted octanol–water partition coefficient (Wildman–Crippen LogP) is 3.65. The number of ether oxygens (including phenoxy) is 2. The second kappa shape index (κ2) is 8.65. The molecule has 0 spiro atoms. The van der Waals surface area contributed by atoms with Crippen LogP contribution in [0.4, 0.5) is 16.2 Å². The fourth-order valence-corrected chi connectivity index (χ4v) is 3.25. The van der Waals surface area contributed by atoms with Crippen LogP contribution in [0.5, 0.6) is 11.5 Å². The van der Waals surface area contributed by atoms with Gasteiger partial charge >= 0.3 is 6.03 Å². The Labute approximate surface area is 164 Å². The lowest BCUT2D eigenvalue weighted by Gasteiger charge is -2.24. The fraction of sp³-hybridized carbons (Fsp3) is 0.333. The summed E-state index contributed by atoms with van der Waals surface area (Å²) in [4.78, 5) is 27.0. The molecule has 3 rings (SSSR count). The van der Waals surface area contributed by atoms with Crippen molar-refractivity contribution in [2.75, 3.05) is 31.4 Å². The molecule has 0 radical (unpaired) electrons. The Morgan fingerprint density at radius 3 is 2.32 bits per heavy atom. The Bertz CT molecular complexity index is 851. The van der Waals surface area contributed by atoms with Crippen molar-refractivity contribution in [2.24, 2.45) is 0 Å². The molecular weight excluding hydrogens is 358 g/mol. The summed E-state index contributed by atoms with van der Waals surface area (Å²) in [6, 6.07) is 11.9. The van der Waals surface area contributed by atoms with Crippen molar-refractivity contribution in [1.29, 1.82) is 0 Å². The van der Waals surface area contributed by atoms with Crippen molar-refractivity contribution in [3.05, 3.63) is 48.0 Å². The van der Waals surface area contributed by atoms with Gasteiger partial charge in [-0.05, 0) is 44.0 Å². The second-order valence-corrected chi connectivity index (χ2v) is 6.71. The van der Waals surface area contributed by atoms with E-state index in [-0.39, 0.29) is 11.9 Å². The Kier molecular flexibility index (Phi) is 6.03. The van der Waals surface area contributed by atoms with Gasteiger partial charge in [-0.1, -0.05) is 17.7 Å². The summed E-state index contributed by atoms with van der Waals surface area (Å²) in [5.41, 5.74) is 2.42. The van der Waals surface area contributed by atoms with E-state index in [1.165, 1.54) is 7.11 Å². The Morgan fingerprint density at radius 1 is 0.964 bits per heavy atom. The minimum absolute atomic E-state index is 0.219. The van der Waals surface area contributed by atoms with Crippen LogP contribution in [0, 0.1) is 6.92 Å². The highest BCUT2D eigenvalue weighted by Crippen LogP contribution is 2.30. The van der Waals surface area contributed by atoms with E-state index in [0.29, 0.717) is 35.8 Å². The average Bonchev–Trinajstić information content (AvgIpc) is 3.20. The molecule has 1 aliphatic heterocycles. The number of anilines is 2. The summed E-state index contributed by atoms with van der Waals surface area (Å²) in [6.45, 7) is 2.53. The van der Waals surface area contributed by atoms with Crippen LogP contribution in [-0.4, -0.2) is 43.6 Å². The molecule has 1 fully saturated rings. The third-order valence-corrected chi connectivity index (χ3v) is 4.77. The summed E-state index contributed by atoms with van der Waals surface area (Å²) < 4.78 is 10.5. The molecule has 0 unspecified atom stereocenters. The van der Waals surface area contributed by atoms with Crippen LogP contribution < -0.4 is 20.1 Å². The Hall–Kier alpha value is -3.22. The van der Waals surface area contributed by atoms with Crippen molar-refractivity contribution in [3.8, 4) is 11.5 Å². The molecule has 1 saturated heterocycles. The zero-order valence-corrected chi connectivity index (χ0v) is 16.3. The quantitative estimate of drug-likeness (QED) is 0.826. The third-order valence-electron chi connectivity index (χ3n) is 4.77. The van der Waals surface area contributed by atoms with Crippen LogP contribution in [-0.2, 0) is 4.79 Å². The number of carbonyl (C=O) groups excluding carboxylic acids is 2. The first-order valence-corrected chi connectivity index (χ1v) is 9.19. The van der Waals surface area contributed by atoms with Gasteiger partial charge in [-0.15, -0.1) is 0 Å². The first-order valence-electron chi connectivity index (χ1n) is 9.19. The van der Waals surface area contributed by atoms with Crippen molar-refractivity contribution < 1.29 is 19.1 Å². The van der Waals surface area contributed by atoms with Crippen LogP contribution in [0.3, 0.4) is 0 Å². The molecule has 0 bridgehead atoms. The molecule has 2 aromatic rings. The first-order chi connectivity index (χ1) is 13.5. The topological polar surface area (TPSA) is 79.9 Å². The molecule has 1 heterocycles. The van der Waals surface area contributed by atoms with Gasteiger partial charge < -0.3 is 25.0 Å². The lowest BCUT2D eigenvalue weighted by molar-refractivity contribution is -0.119. The maximum atomic E-state index is 12.8. The minimum Gasteiger partial charge on any atom is -0.493 e.